The summed E-state index contributed by atoms with van der Waals surface area (Å²) in [5.74, 6) is 1.73. The lowest BCUT2D eigenvalue weighted by molar-refractivity contribution is 0.102. The maximum Gasteiger partial charge on any atom is 0.117 e. The van der Waals surface area contributed by atoms with E-state index in [4.69, 9.17) is 4.42 Å². The molecule has 0 aliphatic heterocycles. The van der Waals surface area contributed by atoms with E-state index in [0.717, 1.165) is 24.5 Å². The molecule has 1 aromatic heterocycles. The zero-order chi connectivity index (χ0) is 11.4. The first-order valence-corrected chi connectivity index (χ1v) is 6.12. The molecule has 0 unspecified atom stereocenters. The normalized spacial score (nSPS) is 30.5. The molecule has 16 heavy (non-hydrogen) atoms. The largest absolute Gasteiger partial charge is 0.468 e. The quantitative estimate of drug-likeness (QED) is 0.823. The number of nitrogens with one attached hydrogen (secondary N) is 1. The standard InChI is InChI=1S/C13H21NO2/c1-11-4-6-13(10-15,7-5-11)14-9-12-3-2-8-16-12/h2-3,8,11,14-15H,4-7,9-10H2,1H3. The van der Waals surface area contributed by atoms with E-state index in [1.165, 1.54) is 12.8 Å². The van der Waals surface area contributed by atoms with E-state index in [-0.39, 0.29) is 12.1 Å². The molecule has 3 nitrogen and oxygen atoms in total. The van der Waals surface area contributed by atoms with Crippen LogP contribution in [0.4, 0.5) is 0 Å². The Kier molecular flexibility index (Phi) is 3.66. The summed E-state index contributed by atoms with van der Waals surface area (Å²) in [7, 11) is 0. The molecule has 0 atom stereocenters. The summed E-state index contributed by atoms with van der Waals surface area (Å²) < 4.78 is 5.29. The van der Waals surface area contributed by atoms with Crippen LogP contribution in [0.3, 0.4) is 0 Å². The average molecular weight is 223 g/mol. The van der Waals surface area contributed by atoms with Crippen LogP contribution in [0.2, 0.25) is 0 Å². The van der Waals surface area contributed by atoms with E-state index in [1.807, 2.05) is 12.1 Å². The zero-order valence-electron chi connectivity index (χ0n) is 9.91. The molecule has 0 saturated heterocycles. The highest BCUT2D eigenvalue weighted by atomic mass is 16.3. The van der Waals surface area contributed by atoms with Gasteiger partial charge in [-0.1, -0.05) is 6.92 Å². The van der Waals surface area contributed by atoms with Crippen LogP contribution >= 0.6 is 0 Å². The third-order valence-corrected chi connectivity index (χ3v) is 3.75. The van der Waals surface area contributed by atoms with E-state index in [2.05, 4.69) is 12.2 Å². The monoisotopic (exact) mass is 223 g/mol. The van der Waals surface area contributed by atoms with E-state index < -0.39 is 0 Å². The third kappa shape index (κ3) is 2.66. The van der Waals surface area contributed by atoms with Crippen LogP contribution in [0.1, 0.15) is 38.4 Å². The molecule has 0 aromatic carbocycles. The SMILES string of the molecule is CC1CCC(CO)(NCc2ccco2)CC1. The number of rotatable bonds is 4. The van der Waals surface area contributed by atoms with Crippen LogP contribution < -0.4 is 5.32 Å². The Balaban J connectivity index is 1.89. The first-order chi connectivity index (χ1) is 7.74. The van der Waals surface area contributed by atoms with Gasteiger partial charge in [0.15, 0.2) is 0 Å². The Bertz CT molecular complexity index is 300. The summed E-state index contributed by atoms with van der Waals surface area (Å²) in [4.78, 5) is 0. The summed E-state index contributed by atoms with van der Waals surface area (Å²) in [6, 6.07) is 3.86. The molecular weight excluding hydrogens is 202 g/mol. The van der Waals surface area contributed by atoms with Crippen molar-refractivity contribution in [2.24, 2.45) is 5.92 Å². The molecule has 1 saturated carbocycles. The van der Waals surface area contributed by atoms with Gasteiger partial charge < -0.3 is 14.8 Å². The summed E-state index contributed by atoms with van der Waals surface area (Å²) in [5, 5.41) is 13.0. The summed E-state index contributed by atoms with van der Waals surface area (Å²) in [5.41, 5.74) is -0.0840. The van der Waals surface area contributed by atoms with E-state index in [0.29, 0.717) is 6.54 Å². The van der Waals surface area contributed by atoms with Gasteiger partial charge in [-0.15, -0.1) is 0 Å². The van der Waals surface area contributed by atoms with Crippen molar-refractivity contribution in [2.45, 2.75) is 44.7 Å². The molecule has 1 fully saturated rings. The number of aliphatic hydroxyl groups excluding tert-OH is 1. The topological polar surface area (TPSA) is 45.4 Å². The first-order valence-electron chi connectivity index (χ1n) is 6.12. The predicted molar refractivity (Wildman–Crippen MR) is 63.0 cm³/mol. The van der Waals surface area contributed by atoms with Crippen LogP contribution in [-0.2, 0) is 6.54 Å². The second-order valence-electron chi connectivity index (χ2n) is 5.05. The third-order valence-electron chi connectivity index (χ3n) is 3.75. The average Bonchev–Trinajstić information content (AvgIpc) is 2.82. The Morgan fingerprint density at radius 1 is 1.50 bits per heavy atom. The van der Waals surface area contributed by atoms with Gasteiger partial charge in [-0.3, -0.25) is 0 Å². The van der Waals surface area contributed by atoms with Crippen molar-refractivity contribution in [1.29, 1.82) is 0 Å². The highest BCUT2D eigenvalue weighted by Gasteiger charge is 2.33. The van der Waals surface area contributed by atoms with Crippen molar-refractivity contribution in [2.75, 3.05) is 6.61 Å². The predicted octanol–water partition coefficient (Wildman–Crippen LogP) is 2.31. The van der Waals surface area contributed by atoms with Gasteiger partial charge in [0.2, 0.25) is 0 Å². The molecule has 0 bridgehead atoms. The molecule has 0 spiro atoms. The molecule has 1 aliphatic carbocycles. The smallest absolute Gasteiger partial charge is 0.117 e. The summed E-state index contributed by atoms with van der Waals surface area (Å²) in [6.45, 7) is 3.22. The van der Waals surface area contributed by atoms with Crippen LogP contribution in [0, 0.1) is 5.92 Å². The maximum absolute atomic E-state index is 9.56. The van der Waals surface area contributed by atoms with E-state index in [1.54, 1.807) is 6.26 Å². The minimum absolute atomic E-state index is 0.0840. The van der Waals surface area contributed by atoms with Gasteiger partial charge in [0.1, 0.15) is 5.76 Å². The van der Waals surface area contributed by atoms with Gasteiger partial charge >= 0.3 is 0 Å². The van der Waals surface area contributed by atoms with Gasteiger partial charge in [-0.05, 0) is 43.7 Å². The van der Waals surface area contributed by atoms with Gasteiger partial charge in [0.05, 0.1) is 19.4 Å². The molecule has 90 valence electrons. The van der Waals surface area contributed by atoms with Crippen molar-refractivity contribution < 1.29 is 9.52 Å². The lowest BCUT2D eigenvalue weighted by atomic mass is 9.77. The molecule has 0 amide bonds. The highest BCUT2D eigenvalue weighted by molar-refractivity contribution is 5.00. The van der Waals surface area contributed by atoms with Gasteiger partial charge in [0.25, 0.3) is 0 Å². The van der Waals surface area contributed by atoms with Crippen LogP contribution in [0.5, 0.6) is 0 Å². The van der Waals surface area contributed by atoms with Gasteiger partial charge in [-0.2, -0.15) is 0 Å². The van der Waals surface area contributed by atoms with Crippen molar-refractivity contribution in [3.63, 3.8) is 0 Å². The minimum atomic E-state index is -0.0840. The summed E-state index contributed by atoms with van der Waals surface area (Å²) in [6.07, 6.45) is 6.21. The van der Waals surface area contributed by atoms with Gasteiger partial charge in [0, 0.05) is 5.54 Å². The molecule has 1 aromatic rings. The second kappa shape index (κ2) is 5.02. The Labute approximate surface area is 96.8 Å². The van der Waals surface area contributed by atoms with Crippen molar-refractivity contribution in [3.05, 3.63) is 24.2 Å². The van der Waals surface area contributed by atoms with Gasteiger partial charge in [-0.25, -0.2) is 0 Å². The van der Waals surface area contributed by atoms with Crippen molar-refractivity contribution >= 4 is 0 Å². The zero-order valence-corrected chi connectivity index (χ0v) is 9.91. The Morgan fingerprint density at radius 3 is 2.81 bits per heavy atom. The van der Waals surface area contributed by atoms with Crippen molar-refractivity contribution in [1.82, 2.24) is 5.32 Å². The molecule has 2 rings (SSSR count). The first kappa shape index (κ1) is 11.7. The summed E-state index contributed by atoms with van der Waals surface area (Å²) >= 11 is 0. The lowest BCUT2D eigenvalue weighted by Gasteiger charge is -2.38. The number of hydrogen-bond donors (Lipinski definition) is 2. The molecular formula is C13H21NO2. The maximum atomic E-state index is 9.56. The molecule has 1 heterocycles. The van der Waals surface area contributed by atoms with E-state index >= 15 is 0 Å². The number of furan rings is 1. The molecule has 2 N–H and O–H groups in total. The Hall–Kier alpha value is -0.800. The van der Waals surface area contributed by atoms with Crippen LogP contribution in [0.25, 0.3) is 0 Å². The fourth-order valence-electron chi connectivity index (χ4n) is 2.39. The van der Waals surface area contributed by atoms with Crippen LogP contribution in [0.15, 0.2) is 22.8 Å². The lowest BCUT2D eigenvalue weighted by Crippen LogP contribution is -2.50. The Morgan fingerprint density at radius 2 is 2.25 bits per heavy atom. The second-order valence-corrected chi connectivity index (χ2v) is 5.05. The molecule has 1 aliphatic rings. The fraction of sp³-hybridized carbons (Fsp3) is 0.692. The van der Waals surface area contributed by atoms with Crippen molar-refractivity contribution in [3.8, 4) is 0 Å². The van der Waals surface area contributed by atoms with Crippen LogP contribution in [-0.4, -0.2) is 17.3 Å². The highest BCUT2D eigenvalue weighted by Crippen LogP contribution is 2.31. The number of hydrogen-bond acceptors (Lipinski definition) is 3. The fourth-order valence-corrected chi connectivity index (χ4v) is 2.39. The van der Waals surface area contributed by atoms with E-state index in [9.17, 15) is 5.11 Å². The molecule has 0 radical (unpaired) electrons. The number of aliphatic hydroxyl groups is 1. The minimum Gasteiger partial charge on any atom is -0.468 e. The molecule has 3 heteroatoms.